The van der Waals surface area contributed by atoms with E-state index in [2.05, 4.69) is 26.8 Å². The Kier molecular flexibility index (Phi) is 4.09. The molecule has 0 unspecified atom stereocenters. The minimum absolute atomic E-state index is 0. The zero-order valence-corrected chi connectivity index (χ0v) is 7.85. The Morgan fingerprint density at radius 2 is 1.78 bits per heavy atom. The van der Waals surface area contributed by atoms with Crippen molar-refractivity contribution in [3.05, 3.63) is 22.8 Å². The minimum atomic E-state index is 0. The van der Waals surface area contributed by atoms with E-state index < -0.39 is 0 Å². The number of allylic oxidation sites excluding steroid dienone is 4. The van der Waals surface area contributed by atoms with Gasteiger partial charge in [0.15, 0.2) is 0 Å². The summed E-state index contributed by atoms with van der Waals surface area (Å²) in [6.45, 7) is 6.44. The van der Waals surface area contributed by atoms with E-state index in [4.69, 9.17) is 0 Å². The molecule has 9 heavy (non-hydrogen) atoms. The van der Waals surface area contributed by atoms with Crippen molar-refractivity contribution >= 4 is 0 Å². The predicted octanol–water partition coefficient (Wildman–Crippen LogP) is 2.48. The maximum atomic E-state index is 3.26. The van der Waals surface area contributed by atoms with Gasteiger partial charge in [0.25, 0.3) is 0 Å². The molecule has 0 N–H and O–H groups in total. The zero-order chi connectivity index (χ0) is 6.15. The van der Waals surface area contributed by atoms with E-state index in [0.29, 0.717) is 0 Å². The van der Waals surface area contributed by atoms with Crippen molar-refractivity contribution in [2.45, 2.75) is 27.2 Å². The maximum Gasteiger partial charge on any atom is 0 e. The van der Waals surface area contributed by atoms with Gasteiger partial charge in [-0.1, -0.05) is 13.8 Å². The van der Waals surface area contributed by atoms with Crippen LogP contribution >= 0.6 is 0 Å². The second-order valence-electron chi connectivity index (χ2n) is 2.38. The second kappa shape index (κ2) is 3.79. The van der Waals surface area contributed by atoms with Gasteiger partial charge in [-0.2, -0.15) is 11.1 Å². The third kappa shape index (κ3) is 2.10. The molecule has 1 aliphatic carbocycles. The van der Waals surface area contributed by atoms with E-state index >= 15 is 0 Å². The minimum Gasteiger partial charge on any atom is -0.269 e. The fourth-order valence-electron chi connectivity index (χ4n) is 0.850. The normalized spacial score (nSPS) is 17.4. The van der Waals surface area contributed by atoms with Gasteiger partial charge >= 0.3 is 0 Å². The zero-order valence-electron chi connectivity index (χ0n) is 6.00. The molecule has 1 heteroatoms. The second-order valence-corrected chi connectivity index (χ2v) is 2.38. The average molecular weight is 274 g/mol. The van der Waals surface area contributed by atoms with Gasteiger partial charge in [-0.3, -0.25) is 6.08 Å². The molecule has 0 atom stereocenters. The summed E-state index contributed by atoms with van der Waals surface area (Å²) >= 11 is 0. The molecule has 0 saturated heterocycles. The summed E-state index contributed by atoms with van der Waals surface area (Å²) in [7, 11) is 0. The molecule has 0 amide bonds. The number of rotatable bonds is 0. The first kappa shape index (κ1) is 9.73. The van der Waals surface area contributed by atoms with Crippen LogP contribution in [0.4, 0.5) is 0 Å². The summed E-state index contributed by atoms with van der Waals surface area (Å²) in [5.74, 6) is 0. The van der Waals surface area contributed by atoms with E-state index in [0.717, 1.165) is 6.42 Å². The standard InChI is InChI=1S/C8H11.Er/c1-6-4-5-7(2)8(6)3;/h4H2,1-3H3;/q-1;. The van der Waals surface area contributed by atoms with E-state index in [1.54, 1.807) is 0 Å². The SMILES string of the molecule is CC1=[C-]CC(C)=C1C.[Er]. The number of hydrogen-bond donors (Lipinski definition) is 0. The summed E-state index contributed by atoms with van der Waals surface area (Å²) in [5.41, 5.74) is 4.25. The topological polar surface area (TPSA) is 0 Å². The summed E-state index contributed by atoms with van der Waals surface area (Å²) in [4.78, 5) is 0. The Balaban J connectivity index is 0.000000640. The largest absolute Gasteiger partial charge is 0.269 e. The fraction of sp³-hybridized carbons (Fsp3) is 0.500. The van der Waals surface area contributed by atoms with Crippen LogP contribution in [0.25, 0.3) is 0 Å². The van der Waals surface area contributed by atoms with Gasteiger partial charge < -0.3 is 0 Å². The van der Waals surface area contributed by atoms with Crippen molar-refractivity contribution in [3.8, 4) is 0 Å². The summed E-state index contributed by atoms with van der Waals surface area (Å²) in [6.07, 6.45) is 4.31. The van der Waals surface area contributed by atoms with Gasteiger partial charge in [0.1, 0.15) is 0 Å². The van der Waals surface area contributed by atoms with E-state index in [-0.39, 0.29) is 37.3 Å². The quantitative estimate of drug-likeness (QED) is 0.595. The monoisotopic (exact) mass is 273 g/mol. The van der Waals surface area contributed by atoms with Crippen LogP contribution in [0.5, 0.6) is 0 Å². The molecule has 0 aromatic rings. The Morgan fingerprint density at radius 3 is 1.89 bits per heavy atom. The van der Waals surface area contributed by atoms with Gasteiger partial charge in [-0.05, 0) is 0 Å². The molecule has 0 radical (unpaired) electrons. The van der Waals surface area contributed by atoms with Gasteiger partial charge in [0.05, 0.1) is 0 Å². The summed E-state index contributed by atoms with van der Waals surface area (Å²) in [6, 6.07) is 0. The molecule has 0 nitrogen and oxygen atoms in total. The molecule has 56 valence electrons. The van der Waals surface area contributed by atoms with Crippen molar-refractivity contribution in [2.24, 2.45) is 0 Å². The van der Waals surface area contributed by atoms with Crippen LogP contribution in [-0.2, 0) is 0 Å². The smallest absolute Gasteiger partial charge is 0 e. The van der Waals surface area contributed by atoms with Gasteiger partial charge in [0.2, 0.25) is 0 Å². The Labute approximate surface area is 86.6 Å². The molecule has 0 aromatic carbocycles. The van der Waals surface area contributed by atoms with Gasteiger partial charge in [-0.15, -0.1) is 13.3 Å². The first-order chi connectivity index (χ1) is 3.72. The first-order valence-electron chi connectivity index (χ1n) is 2.96. The van der Waals surface area contributed by atoms with Crippen molar-refractivity contribution in [1.82, 2.24) is 0 Å². The van der Waals surface area contributed by atoms with Crippen LogP contribution in [0.15, 0.2) is 16.7 Å². The molecule has 0 fully saturated rings. The first-order valence-corrected chi connectivity index (χ1v) is 2.96. The number of hydrogen-bond acceptors (Lipinski definition) is 0. The van der Waals surface area contributed by atoms with Crippen molar-refractivity contribution in [1.29, 1.82) is 0 Å². The van der Waals surface area contributed by atoms with Crippen LogP contribution in [0.3, 0.4) is 0 Å². The molecule has 0 aliphatic heterocycles. The third-order valence-electron chi connectivity index (χ3n) is 1.82. The molecule has 1 rings (SSSR count). The maximum absolute atomic E-state index is 3.26. The molecule has 1 aliphatic rings. The van der Waals surface area contributed by atoms with E-state index in [1.807, 2.05) is 0 Å². The van der Waals surface area contributed by atoms with E-state index in [9.17, 15) is 0 Å². The average Bonchev–Trinajstić information content (AvgIpc) is 1.98. The van der Waals surface area contributed by atoms with Crippen molar-refractivity contribution in [2.75, 3.05) is 0 Å². The molecule has 0 saturated carbocycles. The Morgan fingerprint density at radius 1 is 1.22 bits per heavy atom. The van der Waals surface area contributed by atoms with Gasteiger partial charge in [0, 0.05) is 37.3 Å². The van der Waals surface area contributed by atoms with Crippen LogP contribution in [-0.4, -0.2) is 0 Å². The third-order valence-corrected chi connectivity index (χ3v) is 1.82. The van der Waals surface area contributed by atoms with Crippen LogP contribution in [0.1, 0.15) is 27.2 Å². The van der Waals surface area contributed by atoms with Crippen molar-refractivity contribution < 1.29 is 37.3 Å². The summed E-state index contributed by atoms with van der Waals surface area (Å²) in [5, 5.41) is 0. The molecule has 0 aromatic heterocycles. The Bertz CT molecular complexity index is 158. The van der Waals surface area contributed by atoms with Crippen LogP contribution < -0.4 is 0 Å². The van der Waals surface area contributed by atoms with Crippen molar-refractivity contribution in [3.63, 3.8) is 0 Å². The summed E-state index contributed by atoms with van der Waals surface area (Å²) < 4.78 is 0. The van der Waals surface area contributed by atoms with Crippen LogP contribution in [0, 0.1) is 43.4 Å². The van der Waals surface area contributed by atoms with E-state index in [1.165, 1.54) is 16.7 Å². The molecular weight excluding hydrogens is 263 g/mol. The Hall–Kier alpha value is 0.727. The molecular formula is C8H11Er-. The van der Waals surface area contributed by atoms with Crippen LogP contribution in [0.2, 0.25) is 0 Å². The molecule has 0 heterocycles. The fourth-order valence-corrected chi connectivity index (χ4v) is 0.850. The molecule has 0 spiro atoms. The molecule has 0 bridgehead atoms. The predicted molar refractivity (Wildman–Crippen MR) is 35.4 cm³/mol. The van der Waals surface area contributed by atoms with Gasteiger partial charge in [-0.25, -0.2) is 5.57 Å².